The van der Waals surface area contributed by atoms with Crippen molar-refractivity contribution in [1.29, 1.82) is 0 Å². The molecule has 0 saturated heterocycles. The van der Waals surface area contributed by atoms with E-state index >= 15 is 0 Å². The molecule has 1 aromatic rings. The van der Waals surface area contributed by atoms with Gasteiger partial charge in [0.05, 0.1) is 11.6 Å². The number of benzene rings is 1. The van der Waals surface area contributed by atoms with Crippen LogP contribution in [0.4, 0.5) is 5.69 Å². The first-order chi connectivity index (χ1) is 8.62. The van der Waals surface area contributed by atoms with Gasteiger partial charge in [-0.25, -0.2) is 0 Å². The largest absolute Gasteiger partial charge is 0.496 e. The smallest absolute Gasteiger partial charge is 0.133 e. The topological polar surface area (TPSA) is 24.5 Å². The van der Waals surface area contributed by atoms with E-state index in [1.165, 1.54) is 12.1 Å². The maximum absolute atomic E-state index is 5.25. The Bertz CT molecular complexity index is 371. The number of nitrogens with zero attached hydrogens (tertiary/aromatic N) is 1. The molecular weight excluding hydrogens is 292 g/mol. The molecule has 0 aliphatic heterocycles. The second-order valence-electron chi connectivity index (χ2n) is 4.53. The summed E-state index contributed by atoms with van der Waals surface area (Å²) in [5.41, 5.74) is 1.21. The second-order valence-corrected chi connectivity index (χ2v) is 5.39. The first-order valence-electron chi connectivity index (χ1n) is 6.31. The monoisotopic (exact) mass is 314 g/mol. The molecule has 0 aromatic heterocycles. The van der Waals surface area contributed by atoms with Gasteiger partial charge in [-0.15, -0.1) is 0 Å². The Hall–Kier alpha value is -0.740. The number of anilines is 1. The van der Waals surface area contributed by atoms with Crippen LogP contribution in [0.1, 0.15) is 13.3 Å². The number of nitrogens with one attached hydrogen (secondary N) is 1. The van der Waals surface area contributed by atoms with Crippen molar-refractivity contribution in [3.05, 3.63) is 22.7 Å². The van der Waals surface area contributed by atoms with Crippen molar-refractivity contribution in [3.8, 4) is 5.75 Å². The fourth-order valence-electron chi connectivity index (χ4n) is 2.01. The summed E-state index contributed by atoms with van der Waals surface area (Å²) in [6.07, 6.45) is 1.18. The lowest BCUT2D eigenvalue weighted by atomic mass is 10.1. The molecule has 0 fully saturated rings. The van der Waals surface area contributed by atoms with Crippen LogP contribution in [0.15, 0.2) is 22.7 Å². The van der Waals surface area contributed by atoms with Gasteiger partial charge >= 0.3 is 0 Å². The van der Waals surface area contributed by atoms with Gasteiger partial charge in [-0.3, -0.25) is 0 Å². The maximum atomic E-state index is 5.25. The molecule has 0 amide bonds. The molecule has 0 heterocycles. The summed E-state index contributed by atoms with van der Waals surface area (Å²) in [6.45, 7) is 4.34. The third-order valence-corrected chi connectivity index (χ3v) is 3.80. The predicted octanol–water partition coefficient (Wildman–Crippen LogP) is 3.14. The highest BCUT2D eigenvalue weighted by molar-refractivity contribution is 9.10. The van der Waals surface area contributed by atoms with E-state index in [9.17, 15) is 0 Å². The quantitative estimate of drug-likeness (QED) is 0.836. The molecule has 0 saturated carbocycles. The molecule has 0 spiro atoms. The Balaban J connectivity index is 2.71. The van der Waals surface area contributed by atoms with Crippen LogP contribution < -0.4 is 15.0 Å². The first-order valence-corrected chi connectivity index (χ1v) is 7.10. The molecule has 0 bridgehead atoms. The Labute approximate surface area is 119 Å². The average molecular weight is 315 g/mol. The molecule has 1 unspecified atom stereocenters. The van der Waals surface area contributed by atoms with E-state index in [2.05, 4.69) is 52.3 Å². The average Bonchev–Trinajstić information content (AvgIpc) is 2.37. The minimum atomic E-state index is 0.667. The van der Waals surface area contributed by atoms with E-state index in [-0.39, 0.29) is 0 Å². The van der Waals surface area contributed by atoms with Crippen molar-refractivity contribution >= 4 is 21.6 Å². The molecule has 1 atom stereocenters. The molecule has 1 rings (SSSR count). The van der Waals surface area contributed by atoms with Crippen molar-refractivity contribution in [2.24, 2.45) is 5.92 Å². The SMILES string of the molecule is CCC(CNC)CN(C)c1ccc(OC)c(Br)c1. The molecular formula is C14H23BrN2O. The summed E-state index contributed by atoms with van der Waals surface area (Å²) < 4.78 is 6.24. The number of halogens is 1. The number of hydrogen-bond acceptors (Lipinski definition) is 3. The molecule has 0 aliphatic carbocycles. The highest BCUT2D eigenvalue weighted by Crippen LogP contribution is 2.29. The van der Waals surface area contributed by atoms with Crippen molar-refractivity contribution in [3.63, 3.8) is 0 Å². The van der Waals surface area contributed by atoms with Crippen molar-refractivity contribution in [1.82, 2.24) is 5.32 Å². The Morgan fingerprint density at radius 2 is 2.17 bits per heavy atom. The summed E-state index contributed by atoms with van der Waals surface area (Å²) in [7, 11) is 5.82. The summed E-state index contributed by atoms with van der Waals surface area (Å²) in [4.78, 5) is 2.29. The van der Waals surface area contributed by atoms with Crippen LogP contribution >= 0.6 is 15.9 Å². The Morgan fingerprint density at radius 1 is 1.44 bits per heavy atom. The summed E-state index contributed by atoms with van der Waals surface area (Å²) in [5.74, 6) is 1.54. The molecule has 3 nitrogen and oxygen atoms in total. The molecule has 4 heteroatoms. The van der Waals surface area contributed by atoms with Crippen LogP contribution in [0.25, 0.3) is 0 Å². The third-order valence-electron chi connectivity index (χ3n) is 3.18. The molecule has 0 radical (unpaired) electrons. The maximum Gasteiger partial charge on any atom is 0.133 e. The summed E-state index contributed by atoms with van der Waals surface area (Å²) >= 11 is 3.53. The van der Waals surface area contributed by atoms with Gasteiger partial charge in [0, 0.05) is 19.3 Å². The van der Waals surface area contributed by atoms with Gasteiger partial charge in [-0.05, 0) is 53.6 Å². The second kappa shape index (κ2) is 7.64. The van der Waals surface area contributed by atoms with E-state index in [1.54, 1.807) is 7.11 Å². The van der Waals surface area contributed by atoms with Gasteiger partial charge in [0.15, 0.2) is 0 Å². The van der Waals surface area contributed by atoms with Crippen molar-refractivity contribution < 1.29 is 4.74 Å². The minimum Gasteiger partial charge on any atom is -0.496 e. The molecule has 1 aromatic carbocycles. The Kier molecular flexibility index (Phi) is 6.50. The zero-order valence-corrected chi connectivity index (χ0v) is 13.3. The van der Waals surface area contributed by atoms with Gasteiger partial charge in [0.25, 0.3) is 0 Å². The number of ether oxygens (including phenoxy) is 1. The molecule has 102 valence electrons. The van der Waals surface area contributed by atoms with Crippen molar-refractivity contribution in [2.45, 2.75) is 13.3 Å². The molecule has 0 aliphatic rings. The van der Waals surface area contributed by atoms with E-state index in [1.807, 2.05) is 13.1 Å². The van der Waals surface area contributed by atoms with Crippen LogP contribution in [0.2, 0.25) is 0 Å². The predicted molar refractivity (Wildman–Crippen MR) is 81.7 cm³/mol. The van der Waals surface area contributed by atoms with Gasteiger partial charge in [-0.1, -0.05) is 13.3 Å². The van der Waals surface area contributed by atoms with Crippen LogP contribution in [0, 0.1) is 5.92 Å². The van der Waals surface area contributed by atoms with Crippen LogP contribution in [-0.4, -0.2) is 34.3 Å². The lowest BCUT2D eigenvalue weighted by molar-refractivity contribution is 0.412. The van der Waals surface area contributed by atoms with E-state index < -0.39 is 0 Å². The van der Waals surface area contributed by atoms with Gasteiger partial charge in [-0.2, -0.15) is 0 Å². The number of rotatable bonds is 7. The lowest BCUT2D eigenvalue weighted by Crippen LogP contribution is -2.31. The van der Waals surface area contributed by atoms with E-state index in [0.29, 0.717) is 5.92 Å². The Morgan fingerprint density at radius 3 is 2.67 bits per heavy atom. The normalized spacial score (nSPS) is 12.3. The highest BCUT2D eigenvalue weighted by atomic mass is 79.9. The third kappa shape index (κ3) is 4.18. The minimum absolute atomic E-state index is 0.667. The standard InChI is InChI=1S/C14H23BrN2O/c1-5-11(9-16-2)10-17(3)12-6-7-14(18-4)13(15)8-12/h6-8,11,16H,5,9-10H2,1-4H3. The molecule has 18 heavy (non-hydrogen) atoms. The number of methoxy groups -OCH3 is 1. The number of hydrogen-bond donors (Lipinski definition) is 1. The lowest BCUT2D eigenvalue weighted by Gasteiger charge is -2.25. The first kappa shape index (κ1) is 15.3. The zero-order chi connectivity index (χ0) is 13.5. The van der Waals surface area contributed by atoms with Crippen molar-refractivity contribution in [2.75, 3.05) is 39.2 Å². The summed E-state index contributed by atoms with van der Waals surface area (Å²) in [5, 5.41) is 3.25. The fraction of sp³-hybridized carbons (Fsp3) is 0.571. The summed E-state index contributed by atoms with van der Waals surface area (Å²) in [6, 6.07) is 6.19. The van der Waals surface area contributed by atoms with E-state index in [0.717, 1.165) is 23.3 Å². The van der Waals surface area contributed by atoms with Crippen LogP contribution in [0.3, 0.4) is 0 Å². The van der Waals surface area contributed by atoms with E-state index in [4.69, 9.17) is 4.74 Å². The van der Waals surface area contributed by atoms with Crippen LogP contribution in [0.5, 0.6) is 5.75 Å². The fourth-order valence-corrected chi connectivity index (χ4v) is 2.54. The molecule has 1 N–H and O–H groups in total. The highest BCUT2D eigenvalue weighted by Gasteiger charge is 2.11. The van der Waals surface area contributed by atoms with Gasteiger partial charge in [0.2, 0.25) is 0 Å². The van der Waals surface area contributed by atoms with Crippen LogP contribution in [-0.2, 0) is 0 Å². The van der Waals surface area contributed by atoms with Gasteiger partial charge < -0.3 is 15.0 Å². The zero-order valence-electron chi connectivity index (χ0n) is 11.7. The van der Waals surface area contributed by atoms with Gasteiger partial charge in [0.1, 0.15) is 5.75 Å².